The number of guanidine groups is 1. The molecule has 138 valence electrons. The number of halogens is 1. The lowest BCUT2D eigenvalue weighted by atomic mass is 10.3. The zero-order chi connectivity index (χ0) is 17.0. The molecule has 2 N–H and O–H groups in total. The molecule has 0 unspecified atom stereocenters. The summed E-state index contributed by atoms with van der Waals surface area (Å²) in [4.78, 5) is 16.2. The molecule has 7 heteroatoms. The van der Waals surface area contributed by atoms with E-state index in [0.717, 1.165) is 51.5 Å². The van der Waals surface area contributed by atoms with E-state index in [1.807, 2.05) is 24.4 Å². The van der Waals surface area contributed by atoms with Crippen LogP contribution in [0.5, 0.6) is 0 Å². The molecule has 0 aliphatic rings. The monoisotopic (exact) mass is 457 g/mol. The van der Waals surface area contributed by atoms with Crippen molar-refractivity contribution >= 4 is 29.9 Å². The molecule has 6 nitrogen and oxygen atoms in total. The van der Waals surface area contributed by atoms with E-state index >= 15 is 0 Å². The van der Waals surface area contributed by atoms with Gasteiger partial charge in [0, 0.05) is 57.4 Å². The Kier molecular flexibility index (Phi) is 10.7. The van der Waals surface area contributed by atoms with Crippen LogP contribution in [0.1, 0.15) is 19.8 Å². The molecule has 25 heavy (non-hydrogen) atoms. The van der Waals surface area contributed by atoms with Gasteiger partial charge < -0.3 is 19.8 Å². The van der Waals surface area contributed by atoms with Crippen LogP contribution >= 0.6 is 24.0 Å². The Hall–Kier alpha value is -1.77. The summed E-state index contributed by atoms with van der Waals surface area (Å²) < 4.78 is 3.87. The minimum atomic E-state index is 0. The van der Waals surface area contributed by atoms with E-state index in [1.165, 1.54) is 0 Å². The van der Waals surface area contributed by atoms with Gasteiger partial charge in [0.05, 0.1) is 0 Å². The van der Waals surface area contributed by atoms with Crippen molar-refractivity contribution in [2.24, 2.45) is 4.99 Å². The van der Waals surface area contributed by atoms with E-state index in [-0.39, 0.29) is 29.5 Å². The van der Waals surface area contributed by atoms with Crippen molar-refractivity contribution in [3.63, 3.8) is 0 Å². The number of hydrogen-bond donors (Lipinski definition) is 2. The van der Waals surface area contributed by atoms with Crippen LogP contribution in [-0.2, 0) is 13.1 Å². The molecule has 0 atom stereocenters. The number of unbranched alkanes of at least 4 members (excludes halogenated alkanes) is 1. The molecular weight excluding hydrogens is 429 g/mol. The predicted molar refractivity (Wildman–Crippen MR) is 114 cm³/mol. The van der Waals surface area contributed by atoms with E-state index in [0.29, 0.717) is 0 Å². The molecule has 0 saturated heterocycles. The zero-order valence-electron chi connectivity index (χ0n) is 14.7. The standard InChI is InChI=1S/C18H27N5O.HI/c1-2-19-18(21-11-16-22-12-7-8-13-22)20-10-4-6-15-23-14-5-3-9-17(23)24;/h3,5,7-9,12-14H,2,4,6,10-11,15-16H2,1H3,(H2,19,20,21);1H. The van der Waals surface area contributed by atoms with Gasteiger partial charge in [0.2, 0.25) is 5.56 Å². The Bertz CT molecular complexity index is 666. The van der Waals surface area contributed by atoms with Gasteiger partial charge >= 0.3 is 0 Å². The second kappa shape index (κ2) is 12.6. The van der Waals surface area contributed by atoms with Gasteiger partial charge in [0.15, 0.2) is 5.96 Å². The minimum absolute atomic E-state index is 0. The van der Waals surface area contributed by atoms with E-state index in [9.17, 15) is 4.79 Å². The number of hydrogen-bond acceptors (Lipinski definition) is 2. The molecule has 0 amide bonds. The molecule has 2 aromatic rings. The van der Waals surface area contributed by atoms with Crippen molar-refractivity contribution in [1.82, 2.24) is 19.8 Å². The van der Waals surface area contributed by atoms with Gasteiger partial charge in [0.1, 0.15) is 0 Å². The van der Waals surface area contributed by atoms with Crippen molar-refractivity contribution in [3.8, 4) is 0 Å². The second-order valence-corrected chi connectivity index (χ2v) is 5.55. The molecule has 2 aromatic heterocycles. The zero-order valence-corrected chi connectivity index (χ0v) is 17.1. The molecule has 2 rings (SSSR count). The third-order valence-corrected chi connectivity index (χ3v) is 3.65. The second-order valence-electron chi connectivity index (χ2n) is 5.55. The third-order valence-electron chi connectivity index (χ3n) is 3.65. The van der Waals surface area contributed by atoms with Gasteiger partial charge in [-0.1, -0.05) is 6.07 Å². The number of aliphatic imine (C=N–C) groups is 1. The highest BCUT2D eigenvalue weighted by molar-refractivity contribution is 14.0. The highest BCUT2D eigenvalue weighted by atomic mass is 127. The summed E-state index contributed by atoms with van der Waals surface area (Å²) in [6, 6.07) is 9.30. The lowest BCUT2D eigenvalue weighted by Gasteiger charge is -2.11. The Labute approximate surface area is 166 Å². The number of nitrogens with one attached hydrogen (secondary N) is 2. The van der Waals surface area contributed by atoms with Crippen LogP contribution in [0.4, 0.5) is 0 Å². The third kappa shape index (κ3) is 8.24. The summed E-state index contributed by atoms with van der Waals surface area (Å²) in [7, 11) is 0. The highest BCUT2D eigenvalue weighted by Gasteiger charge is 1.98. The first-order chi connectivity index (χ1) is 11.8. The molecule has 2 heterocycles. The lowest BCUT2D eigenvalue weighted by Crippen LogP contribution is -2.38. The first kappa shape index (κ1) is 21.3. The fraction of sp³-hybridized carbons (Fsp3) is 0.444. The summed E-state index contributed by atoms with van der Waals surface area (Å²) >= 11 is 0. The van der Waals surface area contributed by atoms with Crippen molar-refractivity contribution in [1.29, 1.82) is 0 Å². The van der Waals surface area contributed by atoms with Crippen LogP contribution < -0.4 is 16.2 Å². The van der Waals surface area contributed by atoms with E-state index < -0.39 is 0 Å². The van der Waals surface area contributed by atoms with Crippen LogP contribution in [0.15, 0.2) is 58.7 Å². The predicted octanol–water partition coefficient (Wildman–Crippen LogP) is 2.30. The quantitative estimate of drug-likeness (QED) is 0.263. The summed E-state index contributed by atoms with van der Waals surface area (Å²) in [6.07, 6.45) is 7.83. The van der Waals surface area contributed by atoms with Gasteiger partial charge in [-0.25, -0.2) is 0 Å². The Balaban J connectivity index is 0.00000312. The van der Waals surface area contributed by atoms with Crippen molar-refractivity contribution < 1.29 is 0 Å². The minimum Gasteiger partial charge on any atom is -0.357 e. The molecule has 0 bridgehead atoms. The topological polar surface area (TPSA) is 63.4 Å². The maximum Gasteiger partial charge on any atom is 0.250 e. The highest BCUT2D eigenvalue weighted by Crippen LogP contribution is 1.94. The van der Waals surface area contributed by atoms with Crippen LogP contribution in [0, 0.1) is 0 Å². The maximum atomic E-state index is 11.6. The molecule has 0 radical (unpaired) electrons. The Morgan fingerprint density at radius 3 is 2.52 bits per heavy atom. The largest absolute Gasteiger partial charge is 0.357 e. The van der Waals surface area contributed by atoms with Crippen molar-refractivity contribution in [3.05, 3.63) is 59.3 Å². The summed E-state index contributed by atoms with van der Waals surface area (Å²) in [5.41, 5.74) is 0.0565. The number of nitrogens with zero attached hydrogens (tertiary/aromatic N) is 3. The number of aryl methyl sites for hydroxylation is 1. The Morgan fingerprint density at radius 1 is 1.04 bits per heavy atom. The number of rotatable bonds is 9. The molecule has 0 aliphatic carbocycles. The van der Waals surface area contributed by atoms with Crippen LogP contribution in [-0.4, -0.2) is 34.7 Å². The molecule has 0 fully saturated rings. The summed E-state index contributed by atoms with van der Waals surface area (Å²) in [6.45, 7) is 6.14. The first-order valence-electron chi connectivity index (χ1n) is 8.58. The molecule has 0 saturated carbocycles. The Morgan fingerprint density at radius 2 is 1.80 bits per heavy atom. The molecule has 0 spiro atoms. The molecule has 0 aliphatic heterocycles. The van der Waals surface area contributed by atoms with E-state index in [4.69, 9.17) is 0 Å². The van der Waals surface area contributed by atoms with Crippen LogP contribution in [0.25, 0.3) is 0 Å². The van der Waals surface area contributed by atoms with Crippen molar-refractivity contribution in [2.45, 2.75) is 32.9 Å². The number of aromatic nitrogens is 2. The van der Waals surface area contributed by atoms with Gasteiger partial charge in [-0.3, -0.25) is 9.79 Å². The smallest absolute Gasteiger partial charge is 0.250 e. The van der Waals surface area contributed by atoms with Crippen LogP contribution in [0.3, 0.4) is 0 Å². The average molecular weight is 457 g/mol. The van der Waals surface area contributed by atoms with Gasteiger partial charge in [-0.05, 0) is 38.0 Å². The SMILES string of the molecule is CCNC(=NCCCCn1ccccc1=O)NCCn1cccc1.I. The normalized spacial score (nSPS) is 11.0. The lowest BCUT2D eigenvalue weighted by molar-refractivity contribution is 0.597. The summed E-state index contributed by atoms with van der Waals surface area (Å²) in [5, 5.41) is 6.59. The average Bonchev–Trinajstić information content (AvgIpc) is 3.09. The summed E-state index contributed by atoms with van der Waals surface area (Å²) in [5.74, 6) is 0.849. The van der Waals surface area contributed by atoms with E-state index in [2.05, 4.69) is 39.5 Å². The first-order valence-corrected chi connectivity index (χ1v) is 8.58. The molecule has 0 aromatic carbocycles. The van der Waals surface area contributed by atoms with Gasteiger partial charge in [0.25, 0.3) is 0 Å². The fourth-order valence-corrected chi connectivity index (χ4v) is 2.39. The maximum absolute atomic E-state index is 11.6. The fourth-order valence-electron chi connectivity index (χ4n) is 2.39. The van der Waals surface area contributed by atoms with Gasteiger partial charge in [-0.2, -0.15) is 0 Å². The van der Waals surface area contributed by atoms with Crippen LogP contribution in [0.2, 0.25) is 0 Å². The molecular formula is C18H28IN5O. The number of pyridine rings is 1. The van der Waals surface area contributed by atoms with Crippen molar-refractivity contribution in [2.75, 3.05) is 19.6 Å². The van der Waals surface area contributed by atoms with E-state index in [1.54, 1.807) is 16.7 Å². The van der Waals surface area contributed by atoms with Gasteiger partial charge in [-0.15, -0.1) is 24.0 Å².